The zero-order valence-corrected chi connectivity index (χ0v) is 18.7. The van der Waals surface area contributed by atoms with Crippen LogP contribution in [0.25, 0.3) is 11.1 Å². The lowest BCUT2D eigenvalue weighted by Gasteiger charge is -2.18. The van der Waals surface area contributed by atoms with Crippen LogP contribution < -0.4 is 4.74 Å². The van der Waals surface area contributed by atoms with Crippen LogP contribution >= 0.6 is 0 Å². The zero-order valence-electron chi connectivity index (χ0n) is 18.7. The molecule has 2 aromatic carbocycles. The van der Waals surface area contributed by atoms with Crippen molar-refractivity contribution in [2.75, 3.05) is 0 Å². The van der Waals surface area contributed by atoms with Crippen LogP contribution in [0.5, 0.6) is 5.75 Å². The van der Waals surface area contributed by atoms with Crippen LogP contribution in [-0.4, -0.2) is 9.97 Å². The summed E-state index contributed by atoms with van der Waals surface area (Å²) in [6.45, 7) is 2.04. The zero-order chi connectivity index (χ0) is 26.7. The van der Waals surface area contributed by atoms with Gasteiger partial charge < -0.3 is 4.74 Å². The Morgan fingerprint density at radius 2 is 1.31 bits per heavy atom. The molecule has 0 amide bonds. The highest BCUT2D eigenvalue weighted by Gasteiger charge is 2.40. The van der Waals surface area contributed by atoms with Gasteiger partial charge in [0.15, 0.2) is 0 Å². The first-order valence-corrected chi connectivity index (χ1v) is 10.8. The molecule has 194 valence electrons. The minimum Gasteiger partial charge on any atom is -0.426 e. The highest BCUT2D eigenvalue weighted by Crippen LogP contribution is 2.38. The topological polar surface area (TPSA) is 35.0 Å². The van der Waals surface area contributed by atoms with Gasteiger partial charge in [0, 0.05) is 24.5 Å². The summed E-state index contributed by atoms with van der Waals surface area (Å²) in [4.78, 5) is 7.11. The fourth-order valence-electron chi connectivity index (χ4n) is 3.46. The first-order chi connectivity index (χ1) is 16.8. The monoisotopic (exact) mass is 522 g/mol. The van der Waals surface area contributed by atoms with Gasteiger partial charge in [0.2, 0.25) is 5.82 Å². The van der Waals surface area contributed by atoms with Crippen molar-refractivity contribution in [2.45, 2.75) is 51.3 Å². The molecule has 0 N–H and O–H groups in total. The van der Waals surface area contributed by atoms with Crippen LogP contribution in [0.1, 0.15) is 49.6 Å². The minimum absolute atomic E-state index is 0.0835. The normalized spacial score (nSPS) is 12.2. The van der Waals surface area contributed by atoms with Crippen molar-refractivity contribution in [1.29, 1.82) is 0 Å². The molecule has 0 saturated heterocycles. The largest absolute Gasteiger partial charge is 0.462 e. The summed E-state index contributed by atoms with van der Waals surface area (Å²) in [5.41, 5.74) is -3.67. The van der Waals surface area contributed by atoms with Crippen molar-refractivity contribution >= 4 is 0 Å². The van der Waals surface area contributed by atoms with Crippen LogP contribution in [0.3, 0.4) is 0 Å². The molecule has 3 aromatic rings. The Morgan fingerprint density at radius 3 is 1.81 bits per heavy atom. The lowest BCUT2D eigenvalue weighted by atomic mass is 10.0. The Hall–Kier alpha value is -3.31. The van der Waals surface area contributed by atoms with E-state index in [-0.39, 0.29) is 12.1 Å². The van der Waals surface area contributed by atoms with E-state index in [0.29, 0.717) is 24.1 Å². The number of unbranched alkanes of at least 4 members (excludes halogenated alkanes) is 3. The predicted molar refractivity (Wildman–Crippen MR) is 111 cm³/mol. The first-order valence-electron chi connectivity index (χ1n) is 10.8. The van der Waals surface area contributed by atoms with Crippen LogP contribution in [0.4, 0.5) is 39.5 Å². The third-order valence-electron chi connectivity index (χ3n) is 5.16. The van der Waals surface area contributed by atoms with Crippen molar-refractivity contribution in [3.63, 3.8) is 0 Å². The van der Waals surface area contributed by atoms with Crippen molar-refractivity contribution < 1.29 is 44.3 Å². The van der Waals surface area contributed by atoms with Crippen molar-refractivity contribution in [3.05, 3.63) is 76.9 Å². The average molecular weight is 522 g/mol. The maximum absolute atomic E-state index is 14.5. The summed E-state index contributed by atoms with van der Waals surface area (Å²) in [7, 11) is 0. The number of ether oxygens (including phenoxy) is 1. The van der Waals surface area contributed by atoms with E-state index in [1.807, 2.05) is 6.92 Å². The third kappa shape index (κ3) is 6.27. The van der Waals surface area contributed by atoms with Gasteiger partial charge in [0.05, 0.1) is 5.56 Å². The van der Waals surface area contributed by atoms with E-state index in [2.05, 4.69) is 14.7 Å². The van der Waals surface area contributed by atoms with Gasteiger partial charge in [-0.25, -0.2) is 27.5 Å². The second kappa shape index (κ2) is 10.8. The molecule has 0 aliphatic carbocycles. The molecule has 12 heteroatoms. The molecule has 0 aliphatic rings. The number of hydrogen-bond acceptors (Lipinski definition) is 3. The Bertz CT molecular complexity index is 1170. The summed E-state index contributed by atoms with van der Waals surface area (Å²) in [6.07, 6.45) is -2.81. The van der Waals surface area contributed by atoms with Gasteiger partial charge >= 0.3 is 12.3 Å². The molecule has 0 unspecified atom stereocenters. The molecular formula is C24H19F9N2O. The predicted octanol–water partition coefficient (Wildman–Crippen LogP) is 7.97. The van der Waals surface area contributed by atoms with Crippen LogP contribution in [-0.2, 0) is 18.7 Å². The van der Waals surface area contributed by atoms with Crippen LogP contribution in [0.2, 0.25) is 0 Å². The number of aryl methyl sites for hydroxylation is 1. The molecule has 0 aliphatic heterocycles. The van der Waals surface area contributed by atoms with E-state index < -0.39 is 63.8 Å². The number of benzene rings is 2. The molecule has 3 rings (SSSR count). The number of rotatable bonds is 9. The molecule has 0 fully saturated rings. The molecule has 0 saturated carbocycles. The fourth-order valence-corrected chi connectivity index (χ4v) is 3.46. The van der Waals surface area contributed by atoms with Gasteiger partial charge in [-0.3, -0.25) is 0 Å². The standard InChI is InChI=1S/C24H19F9N2O/c1-2-3-4-5-6-13-11-34-22(35-12-13)24(32,33)36-15-9-16(25)20(17(26)10-15)14-7-18(27)21(19(28)8-14)23(29,30)31/h7-12H,2-6H2,1H3. The fraction of sp³-hybridized carbons (Fsp3) is 0.333. The number of nitrogens with zero attached hydrogens (tertiary/aromatic N) is 2. The van der Waals surface area contributed by atoms with Gasteiger partial charge in [0.1, 0.15) is 34.6 Å². The molecular weight excluding hydrogens is 503 g/mol. The Labute approximate surface area is 200 Å². The van der Waals surface area contributed by atoms with E-state index >= 15 is 0 Å². The van der Waals surface area contributed by atoms with Crippen molar-refractivity contribution in [2.24, 2.45) is 0 Å². The molecule has 1 aromatic heterocycles. The third-order valence-corrected chi connectivity index (χ3v) is 5.16. The first kappa shape index (κ1) is 27.3. The van der Waals surface area contributed by atoms with E-state index in [1.54, 1.807) is 0 Å². The maximum Gasteiger partial charge on any atom is 0.462 e. The number of hydrogen-bond donors (Lipinski definition) is 0. The van der Waals surface area contributed by atoms with Crippen LogP contribution in [0.15, 0.2) is 36.7 Å². The molecule has 0 radical (unpaired) electrons. The second-order valence-corrected chi connectivity index (χ2v) is 7.92. The molecule has 0 spiro atoms. The summed E-state index contributed by atoms with van der Waals surface area (Å²) in [6, 6.07) is 0.754. The van der Waals surface area contributed by atoms with E-state index in [1.165, 1.54) is 12.4 Å². The summed E-state index contributed by atoms with van der Waals surface area (Å²) < 4.78 is 128. The molecule has 0 bridgehead atoms. The second-order valence-electron chi connectivity index (χ2n) is 7.92. The number of aromatic nitrogens is 2. The van der Waals surface area contributed by atoms with Gasteiger partial charge in [-0.1, -0.05) is 26.2 Å². The lowest BCUT2D eigenvalue weighted by Crippen LogP contribution is -2.25. The minimum atomic E-state index is -5.39. The van der Waals surface area contributed by atoms with Crippen molar-refractivity contribution in [1.82, 2.24) is 9.97 Å². The molecule has 3 nitrogen and oxygen atoms in total. The quantitative estimate of drug-likeness (QED) is 0.211. The van der Waals surface area contributed by atoms with Crippen molar-refractivity contribution in [3.8, 4) is 16.9 Å². The Balaban J connectivity index is 1.82. The number of halogens is 9. The van der Waals surface area contributed by atoms with Gasteiger partial charge in [-0.2, -0.15) is 22.0 Å². The lowest BCUT2D eigenvalue weighted by molar-refractivity contribution is -0.192. The Kier molecular flexibility index (Phi) is 8.15. The van der Waals surface area contributed by atoms with Gasteiger partial charge in [-0.15, -0.1) is 0 Å². The van der Waals surface area contributed by atoms with Gasteiger partial charge in [-0.05, 0) is 36.1 Å². The van der Waals surface area contributed by atoms with Gasteiger partial charge in [0.25, 0.3) is 0 Å². The van der Waals surface area contributed by atoms with E-state index in [9.17, 15) is 39.5 Å². The summed E-state index contributed by atoms with van der Waals surface area (Å²) in [5, 5.41) is 0. The average Bonchev–Trinajstić information content (AvgIpc) is 2.75. The molecule has 36 heavy (non-hydrogen) atoms. The molecule has 0 atom stereocenters. The Morgan fingerprint density at radius 1 is 0.750 bits per heavy atom. The highest BCUT2D eigenvalue weighted by molar-refractivity contribution is 5.66. The molecule has 1 heterocycles. The SMILES string of the molecule is CCCCCCc1cnc(C(F)(F)Oc2cc(F)c(-c3cc(F)c(C(F)(F)F)c(F)c3)c(F)c2)nc1. The van der Waals surface area contributed by atoms with E-state index in [4.69, 9.17) is 0 Å². The van der Waals surface area contributed by atoms with E-state index in [0.717, 1.165) is 25.7 Å². The number of alkyl halides is 5. The highest BCUT2D eigenvalue weighted by atomic mass is 19.4. The smallest absolute Gasteiger partial charge is 0.426 e. The van der Waals surface area contributed by atoms with Crippen LogP contribution in [0, 0.1) is 23.3 Å². The maximum atomic E-state index is 14.5. The summed E-state index contributed by atoms with van der Waals surface area (Å²) >= 11 is 0. The summed E-state index contributed by atoms with van der Waals surface area (Å²) in [5.74, 6) is -9.51.